The van der Waals surface area contributed by atoms with Gasteiger partial charge < -0.3 is 5.32 Å². The summed E-state index contributed by atoms with van der Waals surface area (Å²) in [6.45, 7) is 2.26. The van der Waals surface area contributed by atoms with Crippen LogP contribution in [0.3, 0.4) is 0 Å². The third-order valence-electron chi connectivity index (χ3n) is 2.62. The van der Waals surface area contributed by atoms with E-state index in [0.717, 1.165) is 16.1 Å². The SMILES string of the molecule is Cc1cc(Br)cnc1NCc1ccc(C(F)(F)F)nc1. The highest BCUT2D eigenvalue weighted by molar-refractivity contribution is 9.10. The Morgan fingerprint density at radius 3 is 2.50 bits per heavy atom. The van der Waals surface area contributed by atoms with Gasteiger partial charge in [0.1, 0.15) is 11.5 Å². The van der Waals surface area contributed by atoms with Crippen molar-refractivity contribution in [3.63, 3.8) is 0 Å². The van der Waals surface area contributed by atoms with Crippen molar-refractivity contribution >= 4 is 21.7 Å². The first kappa shape index (κ1) is 14.8. The van der Waals surface area contributed by atoms with Crippen molar-refractivity contribution in [3.8, 4) is 0 Å². The number of hydrogen-bond acceptors (Lipinski definition) is 3. The number of pyridine rings is 2. The first-order valence-corrected chi connectivity index (χ1v) is 6.54. The van der Waals surface area contributed by atoms with Gasteiger partial charge in [-0.1, -0.05) is 6.07 Å². The molecule has 0 bridgehead atoms. The summed E-state index contributed by atoms with van der Waals surface area (Å²) in [5, 5.41) is 3.06. The lowest BCUT2D eigenvalue weighted by molar-refractivity contribution is -0.141. The van der Waals surface area contributed by atoms with E-state index >= 15 is 0 Å². The highest BCUT2D eigenvalue weighted by atomic mass is 79.9. The van der Waals surface area contributed by atoms with Crippen molar-refractivity contribution in [2.24, 2.45) is 0 Å². The zero-order chi connectivity index (χ0) is 14.8. The highest BCUT2D eigenvalue weighted by Gasteiger charge is 2.31. The molecular formula is C13H11BrF3N3. The average Bonchev–Trinajstić information content (AvgIpc) is 2.37. The van der Waals surface area contributed by atoms with Crippen LogP contribution in [0.15, 0.2) is 35.1 Å². The van der Waals surface area contributed by atoms with Gasteiger partial charge in [-0.25, -0.2) is 4.98 Å². The van der Waals surface area contributed by atoms with Gasteiger partial charge in [-0.2, -0.15) is 13.2 Å². The quantitative estimate of drug-likeness (QED) is 0.906. The molecule has 2 rings (SSSR count). The van der Waals surface area contributed by atoms with Crippen molar-refractivity contribution in [1.82, 2.24) is 9.97 Å². The summed E-state index contributed by atoms with van der Waals surface area (Å²) in [5.74, 6) is 0.688. The molecule has 0 aromatic carbocycles. The minimum atomic E-state index is -4.41. The average molecular weight is 346 g/mol. The van der Waals surface area contributed by atoms with Crippen LogP contribution in [0.25, 0.3) is 0 Å². The number of halogens is 4. The van der Waals surface area contributed by atoms with Crippen molar-refractivity contribution < 1.29 is 13.2 Å². The molecule has 0 unspecified atom stereocenters. The van der Waals surface area contributed by atoms with Crippen LogP contribution in [0.5, 0.6) is 0 Å². The first-order valence-electron chi connectivity index (χ1n) is 5.74. The maximum atomic E-state index is 12.4. The minimum absolute atomic E-state index is 0.362. The lowest BCUT2D eigenvalue weighted by atomic mass is 10.2. The molecule has 2 heterocycles. The van der Waals surface area contributed by atoms with Gasteiger partial charge in [0.25, 0.3) is 0 Å². The van der Waals surface area contributed by atoms with E-state index in [4.69, 9.17) is 0 Å². The Morgan fingerprint density at radius 2 is 1.95 bits per heavy atom. The van der Waals surface area contributed by atoms with E-state index in [-0.39, 0.29) is 0 Å². The number of alkyl halides is 3. The molecule has 0 radical (unpaired) electrons. The smallest absolute Gasteiger partial charge is 0.366 e. The fourth-order valence-electron chi connectivity index (χ4n) is 1.61. The van der Waals surface area contributed by atoms with E-state index in [1.807, 2.05) is 13.0 Å². The summed E-state index contributed by atoms with van der Waals surface area (Å²) in [5.41, 5.74) is 0.709. The predicted molar refractivity (Wildman–Crippen MR) is 73.2 cm³/mol. The van der Waals surface area contributed by atoms with Crippen molar-refractivity contribution in [1.29, 1.82) is 0 Å². The van der Waals surface area contributed by atoms with Crippen LogP contribution in [-0.4, -0.2) is 9.97 Å². The van der Waals surface area contributed by atoms with Crippen LogP contribution in [0, 0.1) is 6.92 Å². The Labute approximate surface area is 122 Å². The van der Waals surface area contributed by atoms with Gasteiger partial charge in [-0.05, 0) is 46.1 Å². The Morgan fingerprint density at radius 1 is 1.20 bits per heavy atom. The maximum absolute atomic E-state index is 12.4. The van der Waals surface area contributed by atoms with Crippen LogP contribution in [0.2, 0.25) is 0 Å². The molecule has 0 saturated heterocycles. The fraction of sp³-hybridized carbons (Fsp3) is 0.231. The molecule has 0 atom stereocenters. The molecule has 7 heteroatoms. The monoisotopic (exact) mass is 345 g/mol. The molecule has 1 N–H and O–H groups in total. The number of nitrogens with one attached hydrogen (secondary N) is 1. The standard InChI is InChI=1S/C13H11BrF3N3/c1-8-4-10(14)7-20-12(8)19-6-9-2-3-11(18-5-9)13(15,16)17/h2-5,7H,6H2,1H3,(H,19,20). The van der Waals surface area contributed by atoms with Crippen molar-refractivity contribution in [2.45, 2.75) is 19.6 Å². The number of aromatic nitrogens is 2. The van der Waals surface area contributed by atoms with Gasteiger partial charge in [0, 0.05) is 23.4 Å². The third kappa shape index (κ3) is 3.69. The van der Waals surface area contributed by atoms with Gasteiger partial charge in [0.05, 0.1) is 0 Å². The number of nitrogens with zero attached hydrogens (tertiary/aromatic N) is 2. The van der Waals surface area contributed by atoms with Crippen LogP contribution < -0.4 is 5.32 Å². The summed E-state index contributed by atoms with van der Waals surface area (Å²) in [7, 11) is 0. The maximum Gasteiger partial charge on any atom is 0.433 e. The third-order valence-corrected chi connectivity index (χ3v) is 3.05. The van der Waals surface area contributed by atoms with Crippen LogP contribution in [-0.2, 0) is 12.7 Å². The van der Waals surface area contributed by atoms with Gasteiger partial charge in [0.2, 0.25) is 0 Å². The molecule has 0 saturated carbocycles. The van der Waals surface area contributed by atoms with Crippen molar-refractivity contribution in [3.05, 3.63) is 51.9 Å². The van der Waals surface area contributed by atoms with Crippen LogP contribution in [0.4, 0.5) is 19.0 Å². The summed E-state index contributed by atoms with van der Waals surface area (Å²) < 4.78 is 38.0. The molecule has 0 aliphatic carbocycles. The van der Waals surface area contributed by atoms with Crippen LogP contribution >= 0.6 is 15.9 Å². The van der Waals surface area contributed by atoms with E-state index < -0.39 is 11.9 Å². The molecule has 0 fully saturated rings. The second-order valence-electron chi connectivity index (χ2n) is 4.22. The largest absolute Gasteiger partial charge is 0.433 e. The molecule has 106 valence electrons. The van der Waals surface area contributed by atoms with Gasteiger partial charge >= 0.3 is 6.18 Å². The van der Waals surface area contributed by atoms with E-state index in [0.29, 0.717) is 17.9 Å². The zero-order valence-electron chi connectivity index (χ0n) is 10.5. The minimum Gasteiger partial charge on any atom is -0.366 e. The fourth-order valence-corrected chi connectivity index (χ4v) is 2.05. The van der Waals surface area contributed by atoms with Gasteiger partial charge in [-0.3, -0.25) is 4.98 Å². The highest BCUT2D eigenvalue weighted by Crippen LogP contribution is 2.27. The molecule has 2 aromatic rings. The molecule has 0 aliphatic heterocycles. The van der Waals surface area contributed by atoms with Crippen molar-refractivity contribution in [2.75, 3.05) is 5.32 Å². The Bertz CT molecular complexity index is 597. The van der Waals surface area contributed by atoms with E-state index in [2.05, 4.69) is 31.2 Å². The molecular weight excluding hydrogens is 335 g/mol. The summed E-state index contributed by atoms with van der Waals surface area (Å²) in [4.78, 5) is 7.60. The Hall–Kier alpha value is -1.63. The topological polar surface area (TPSA) is 37.8 Å². The van der Waals surface area contributed by atoms with Gasteiger partial charge in [0.15, 0.2) is 0 Å². The number of aryl methyl sites for hydroxylation is 1. The van der Waals surface area contributed by atoms with Crippen LogP contribution in [0.1, 0.15) is 16.8 Å². The first-order chi connectivity index (χ1) is 9.36. The lowest BCUT2D eigenvalue weighted by Gasteiger charge is -2.10. The van der Waals surface area contributed by atoms with E-state index in [1.54, 1.807) is 6.20 Å². The molecule has 0 aliphatic rings. The molecule has 3 nitrogen and oxygen atoms in total. The summed E-state index contributed by atoms with van der Waals surface area (Å²) >= 11 is 3.31. The molecule has 0 amide bonds. The molecule has 0 spiro atoms. The predicted octanol–water partition coefficient (Wildman–Crippen LogP) is 4.18. The lowest BCUT2D eigenvalue weighted by Crippen LogP contribution is -2.09. The zero-order valence-corrected chi connectivity index (χ0v) is 12.1. The number of hydrogen-bond donors (Lipinski definition) is 1. The Balaban J connectivity index is 2.04. The normalized spacial score (nSPS) is 11.4. The second-order valence-corrected chi connectivity index (χ2v) is 5.14. The van der Waals surface area contributed by atoms with E-state index in [9.17, 15) is 13.2 Å². The Kier molecular flexibility index (Phi) is 4.27. The molecule has 2 aromatic heterocycles. The molecule has 20 heavy (non-hydrogen) atoms. The number of anilines is 1. The summed E-state index contributed by atoms with van der Waals surface area (Å²) in [6.07, 6.45) is -1.54. The van der Waals surface area contributed by atoms with E-state index in [1.165, 1.54) is 12.3 Å². The second kappa shape index (κ2) is 5.78. The summed E-state index contributed by atoms with van der Waals surface area (Å²) in [6, 6.07) is 4.27. The van der Waals surface area contributed by atoms with Gasteiger partial charge in [-0.15, -0.1) is 0 Å². The number of rotatable bonds is 3.